The van der Waals surface area contributed by atoms with Gasteiger partial charge in [0.1, 0.15) is 5.82 Å². The highest BCUT2D eigenvalue weighted by molar-refractivity contribution is 7.92. The predicted molar refractivity (Wildman–Crippen MR) is 86.4 cm³/mol. The Kier molecular flexibility index (Phi) is 4.80. The van der Waals surface area contributed by atoms with Crippen molar-refractivity contribution >= 4 is 27.2 Å². The Hall–Kier alpha value is -2.08. The third kappa shape index (κ3) is 4.46. The van der Waals surface area contributed by atoms with Crippen molar-refractivity contribution in [2.75, 3.05) is 15.8 Å². The van der Waals surface area contributed by atoms with E-state index < -0.39 is 10.0 Å². The highest BCUT2D eigenvalue weighted by atomic mass is 32.2. The molecule has 0 radical (unpaired) electrons. The largest absolute Gasteiger partial charge is 0.354 e. The fourth-order valence-electron chi connectivity index (χ4n) is 1.75. The van der Waals surface area contributed by atoms with Crippen molar-refractivity contribution in [1.29, 1.82) is 0 Å². The fourth-order valence-corrected chi connectivity index (χ4v) is 2.33. The molecule has 1 aromatic heterocycles. The summed E-state index contributed by atoms with van der Waals surface area (Å²) < 4.78 is 25.3. The number of sulfonamides is 1. The lowest BCUT2D eigenvalue weighted by Gasteiger charge is -2.08. The van der Waals surface area contributed by atoms with E-state index in [2.05, 4.69) is 34.1 Å². The Morgan fingerprint density at radius 1 is 1.00 bits per heavy atom. The molecule has 112 valence electrons. The summed E-state index contributed by atoms with van der Waals surface area (Å²) in [5.41, 5.74) is 3.05. The Morgan fingerprint density at radius 2 is 1.67 bits per heavy atom. The van der Waals surface area contributed by atoms with Gasteiger partial charge in [0.05, 0.1) is 17.6 Å². The summed E-state index contributed by atoms with van der Waals surface area (Å²) in [6, 6.07) is 11.6. The Morgan fingerprint density at radius 3 is 2.19 bits per heavy atom. The second kappa shape index (κ2) is 6.58. The highest BCUT2D eigenvalue weighted by Gasteiger charge is 2.07. The van der Waals surface area contributed by atoms with Gasteiger partial charge < -0.3 is 5.32 Å². The van der Waals surface area contributed by atoms with Gasteiger partial charge in [-0.1, -0.05) is 19.1 Å². The summed E-state index contributed by atoms with van der Waals surface area (Å²) >= 11 is 0. The number of aryl methyl sites for hydroxylation is 1. The standard InChI is InChI=1S/C15H19N3O2S/c1-3-12-5-7-13(8-6-12)17-14-9-10-15(16-11-14)18-21(19,20)4-2/h5-11,17H,3-4H2,1-2H3,(H,16,18). The molecule has 5 nitrogen and oxygen atoms in total. The molecule has 21 heavy (non-hydrogen) atoms. The number of anilines is 3. The van der Waals surface area contributed by atoms with E-state index in [1.54, 1.807) is 25.3 Å². The summed E-state index contributed by atoms with van der Waals surface area (Å²) in [5, 5.41) is 3.22. The van der Waals surface area contributed by atoms with E-state index in [-0.39, 0.29) is 5.75 Å². The average Bonchev–Trinajstić information content (AvgIpc) is 2.50. The van der Waals surface area contributed by atoms with Gasteiger partial charge in [-0.05, 0) is 43.2 Å². The van der Waals surface area contributed by atoms with Gasteiger partial charge in [0, 0.05) is 5.69 Å². The maximum Gasteiger partial charge on any atom is 0.233 e. The van der Waals surface area contributed by atoms with Crippen LogP contribution in [0.5, 0.6) is 0 Å². The SMILES string of the molecule is CCc1ccc(Nc2ccc(NS(=O)(=O)CC)nc2)cc1. The number of pyridine rings is 1. The number of hydrogen-bond donors (Lipinski definition) is 2. The monoisotopic (exact) mass is 305 g/mol. The molecule has 1 heterocycles. The molecule has 0 saturated carbocycles. The molecule has 0 aliphatic heterocycles. The predicted octanol–water partition coefficient (Wildman–Crippen LogP) is 3.15. The molecule has 0 atom stereocenters. The van der Waals surface area contributed by atoms with Gasteiger partial charge in [-0.2, -0.15) is 0 Å². The van der Waals surface area contributed by atoms with Crippen molar-refractivity contribution < 1.29 is 8.42 Å². The van der Waals surface area contributed by atoms with Crippen LogP contribution in [0.15, 0.2) is 42.6 Å². The second-order valence-electron chi connectivity index (χ2n) is 4.61. The van der Waals surface area contributed by atoms with Crippen LogP contribution in [-0.2, 0) is 16.4 Å². The third-order valence-corrected chi connectivity index (χ3v) is 4.33. The van der Waals surface area contributed by atoms with E-state index in [4.69, 9.17) is 0 Å². The highest BCUT2D eigenvalue weighted by Crippen LogP contribution is 2.18. The first-order valence-electron chi connectivity index (χ1n) is 6.85. The summed E-state index contributed by atoms with van der Waals surface area (Å²) in [6.45, 7) is 3.70. The summed E-state index contributed by atoms with van der Waals surface area (Å²) in [7, 11) is -3.28. The molecule has 0 fully saturated rings. The van der Waals surface area contributed by atoms with Gasteiger partial charge in [-0.3, -0.25) is 4.72 Å². The van der Waals surface area contributed by atoms with Crippen LogP contribution in [0.25, 0.3) is 0 Å². The molecule has 0 aliphatic carbocycles. The number of rotatable bonds is 6. The maximum atomic E-state index is 11.4. The molecule has 2 rings (SSSR count). The van der Waals surface area contributed by atoms with E-state index in [0.29, 0.717) is 5.82 Å². The van der Waals surface area contributed by atoms with Crippen LogP contribution in [0.3, 0.4) is 0 Å². The Balaban J connectivity index is 2.05. The maximum absolute atomic E-state index is 11.4. The Bertz CT molecular complexity index is 680. The van der Waals surface area contributed by atoms with Crippen LogP contribution in [0.4, 0.5) is 17.2 Å². The summed E-state index contributed by atoms with van der Waals surface area (Å²) in [4.78, 5) is 4.09. The minimum Gasteiger partial charge on any atom is -0.354 e. The number of benzene rings is 1. The number of aromatic nitrogens is 1. The molecule has 0 unspecified atom stereocenters. The molecule has 0 spiro atoms. The van der Waals surface area contributed by atoms with Crippen molar-refractivity contribution in [1.82, 2.24) is 4.98 Å². The zero-order chi connectivity index (χ0) is 15.3. The second-order valence-corrected chi connectivity index (χ2v) is 6.62. The molecule has 0 aliphatic rings. The Labute approximate surface area is 125 Å². The smallest absolute Gasteiger partial charge is 0.233 e. The molecular weight excluding hydrogens is 286 g/mol. The van der Waals surface area contributed by atoms with Gasteiger partial charge in [0.15, 0.2) is 0 Å². The summed E-state index contributed by atoms with van der Waals surface area (Å²) in [6.07, 6.45) is 2.61. The molecule has 2 aromatic rings. The van der Waals surface area contributed by atoms with Crippen LogP contribution < -0.4 is 10.0 Å². The van der Waals surface area contributed by atoms with E-state index in [0.717, 1.165) is 17.8 Å². The normalized spacial score (nSPS) is 11.1. The zero-order valence-corrected chi connectivity index (χ0v) is 12.9. The quantitative estimate of drug-likeness (QED) is 0.860. The first-order valence-corrected chi connectivity index (χ1v) is 8.50. The lowest BCUT2D eigenvalue weighted by Crippen LogP contribution is -2.15. The van der Waals surface area contributed by atoms with Crippen LogP contribution in [0.1, 0.15) is 19.4 Å². The van der Waals surface area contributed by atoms with E-state index >= 15 is 0 Å². The zero-order valence-electron chi connectivity index (χ0n) is 12.1. The topological polar surface area (TPSA) is 71.1 Å². The van der Waals surface area contributed by atoms with Gasteiger partial charge >= 0.3 is 0 Å². The third-order valence-electron chi connectivity index (χ3n) is 3.05. The lowest BCUT2D eigenvalue weighted by atomic mass is 10.1. The average molecular weight is 305 g/mol. The fraction of sp³-hybridized carbons (Fsp3) is 0.267. The molecular formula is C15H19N3O2S. The molecule has 0 saturated heterocycles. The number of hydrogen-bond acceptors (Lipinski definition) is 4. The van der Waals surface area contributed by atoms with Crippen molar-refractivity contribution in [2.45, 2.75) is 20.3 Å². The minimum atomic E-state index is -3.28. The number of nitrogens with one attached hydrogen (secondary N) is 2. The van der Waals surface area contributed by atoms with E-state index in [9.17, 15) is 8.42 Å². The van der Waals surface area contributed by atoms with E-state index in [1.165, 1.54) is 5.56 Å². The number of nitrogens with zero attached hydrogens (tertiary/aromatic N) is 1. The van der Waals surface area contributed by atoms with Gasteiger partial charge in [-0.15, -0.1) is 0 Å². The summed E-state index contributed by atoms with van der Waals surface area (Å²) in [5.74, 6) is 0.349. The molecule has 1 aromatic carbocycles. The van der Waals surface area contributed by atoms with E-state index in [1.807, 2.05) is 12.1 Å². The minimum absolute atomic E-state index is 0.0262. The molecule has 6 heteroatoms. The molecule has 0 amide bonds. The first kappa shape index (κ1) is 15.3. The van der Waals surface area contributed by atoms with Crippen LogP contribution >= 0.6 is 0 Å². The van der Waals surface area contributed by atoms with Crippen LogP contribution in [0, 0.1) is 0 Å². The van der Waals surface area contributed by atoms with Crippen LogP contribution in [-0.4, -0.2) is 19.2 Å². The van der Waals surface area contributed by atoms with Crippen LogP contribution in [0.2, 0.25) is 0 Å². The lowest BCUT2D eigenvalue weighted by molar-refractivity contribution is 0.602. The van der Waals surface area contributed by atoms with Gasteiger partial charge in [-0.25, -0.2) is 13.4 Å². The first-order chi connectivity index (χ1) is 10.0. The van der Waals surface area contributed by atoms with Crippen molar-refractivity contribution in [2.24, 2.45) is 0 Å². The van der Waals surface area contributed by atoms with Crippen molar-refractivity contribution in [3.8, 4) is 0 Å². The van der Waals surface area contributed by atoms with Gasteiger partial charge in [0.2, 0.25) is 10.0 Å². The molecule has 0 bridgehead atoms. The van der Waals surface area contributed by atoms with Gasteiger partial charge in [0.25, 0.3) is 0 Å². The van der Waals surface area contributed by atoms with Crippen molar-refractivity contribution in [3.63, 3.8) is 0 Å². The van der Waals surface area contributed by atoms with Crippen molar-refractivity contribution in [3.05, 3.63) is 48.2 Å². The molecule has 2 N–H and O–H groups in total.